The zero-order valence-corrected chi connectivity index (χ0v) is 10.4. The van der Waals surface area contributed by atoms with Crippen LogP contribution < -0.4 is 5.32 Å². The maximum atomic E-state index is 11.3. The van der Waals surface area contributed by atoms with E-state index >= 15 is 0 Å². The monoisotopic (exact) mass is 209 g/mol. The molecule has 2 heteroatoms. The Labute approximate surface area is 92.8 Å². The lowest BCUT2D eigenvalue weighted by Crippen LogP contribution is -2.62. The van der Waals surface area contributed by atoms with Crippen molar-refractivity contribution in [3.05, 3.63) is 0 Å². The molecule has 0 spiro atoms. The van der Waals surface area contributed by atoms with E-state index in [0.717, 1.165) is 5.92 Å². The van der Waals surface area contributed by atoms with Crippen molar-refractivity contribution in [2.45, 2.75) is 59.4 Å². The fourth-order valence-corrected chi connectivity index (χ4v) is 4.01. The van der Waals surface area contributed by atoms with Gasteiger partial charge in [-0.25, -0.2) is 0 Å². The number of carbonyl (C=O) groups is 1. The van der Waals surface area contributed by atoms with E-state index in [2.05, 4.69) is 26.1 Å². The SMILES string of the molecule is CC(=O)NC1C2(C)CCC(CC2)C1(C)C. The van der Waals surface area contributed by atoms with Crippen molar-refractivity contribution in [3.63, 3.8) is 0 Å². The van der Waals surface area contributed by atoms with Crippen LogP contribution in [0.5, 0.6) is 0 Å². The summed E-state index contributed by atoms with van der Waals surface area (Å²) in [4.78, 5) is 11.3. The zero-order chi connectivity index (χ0) is 11.3. The minimum absolute atomic E-state index is 0.127. The summed E-state index contributed by atoms with van der Waals surface area (Å²) in [6.45, 7) is 8.65. The van der Waals surface area contributed by atoms with Crippen LogP contribution in [0.25, 0.3) is 0 Å². The second-order valence-electron chi connectivity index (χ2n) is 6.38. The van der Waals surface area contributed by atoms with E-state index in [1.807, 2.05) is 0 Å². The molecule has 1 N–H and O–H groups in total. The second-order valence-corrected chi connectivity index (χ2v) is 6.38. The average Bonchev–Trinajstić information content (AvgIpc) is 2.12. The van der Waals surface area contributed by atoms with Crippen molar-refractivity contribution >= 4 is 5.91 Å². The first-order valence-corrected chi connectivity index (χ1v) is 6.13. The first-order valence-electron chi connectivity index (χ1n) is 6.13. The van der Waals surface area contributed by atoms with Crippen LogP contribution >= 0.6 is 0 Å². The Hall–Kier alpha value is -0.530. The van der Waals surface area contributed by atoms with Gasteiger partial charge in [0, 0.05) is 13.0 Å². The highest BCUT2D eigenvalue weighted by Gasteiger charge is 2.55. The third-order valence-electron chi connectivity index (χ3n) is 4.97. The predicted octanol–water partition coefficient (Wildman–Crippen LogP) is 2.73. The number of nitrogens with one attached hydrogen (secondary N) is 1. The molecule has 3 aliphatic carbocycles. The van der Waals surface area contributed by atoms with Gasteiger partial charge in [-0.2, -0.15) is 0 Å². The van der Waals surface area contributed by atoms with Gasteiger partial charge in [-0.3, -0.25) is 4.79 Å². The smallest absolute Gasteiger partial charge is 0.217 e. The molecular weight excluding hydrogens is 186 g/mol. The van der Waals surface area contributed by atoms with Crippen molar-refractivity contribution in [1.29, 1.82) is 0 Å². The topological polar surface area (TPSA) is 29.1 Å². The molecule has 1 atom stereocenters. The van der Waals surface area contributed by atoms with Crippen LogP contribution in [0.4, 0.5) is 0 Å². The maximum Gasteiger partial charge on any atom is 0.217 e. The lowest BCUT2D eigenvalue weighted by atomic mass is 9.48. The first-order chi connectivity index (χ1) is 6.86. The minimum atomic E-state index is 0.127. The van der Waals surface area contributed by atoms with Gasteiger partial charge in [0.2, 0.25) is 5.91 Å². The van der Waals surface area contributed by atoms with Crippen LogP contribution in [0.3, 0.4) is 0 Å². The number of amides is 1. The van der Waals surface area contributed by atoms with Gasteiger partial charge in [-0.1, -0.05) is 20.8 Å². The Morgan fingerprint density at radius 2 is 1.73 bits per heavy atom. The summed E-state index contributed by atoms with van der Waals surface area (Å²) in [5.41, 5.74) is 0.612. The largest absolute Gasteiger partial charge is 0.353 e. The highest BCUT2D eigenvalue weighted by Crippen LogP contribution is 2.58. The normalized spacial score (nSPS) is 42.7. The summed E-state index contributed by atoms with van der Waals surface area (Å²) < 4.78 is 0. The molecule has 0 aliphatic heterocycles. The Bertz CT molecular complexity index is 270. The van der Waals surface area contributed by atoms with Gasteiger partial charge in [0.05, 0.1) is 0 Å². The van der Waals surface area contributed by atoms with Gasteiger partial charge >= 0.3 is 0 Å². The molecule has 3 saturated carbocycles. The van der Waals surface area contributed by atoms with Gasteiger partial charge in [-0.05, 0) is 42.4 Å². The molecule has 0 aromatic rings. The van der Waals surface area contributed by atoms with Gasteiger partial charge in [0.15, 0.2) is 0 Å². The molecule has 15 heavy (non-hydrogen) atoms. The van der Waals surface area contributed by atoms with Crippen molar-refractivity contribution in [1.82, 2.24) is 5.32 Å². The van der Waals surface area contributed by atoms with E-state index in [1.165, 1.54) is 25.7 Å². The Balaban J connectivity index is 2.28. The number of hydrogen-bond donors (Lipinski definition) is 1. The maximum absolute atomic E-state index is 11.3. The van der Waals surface area contributed by atoms with Crippen LogP contribution in [0.15, 0.2) is 0 Å². The Morgan fingerprint density at radius 1 is 1.20 bits per heavy atom. The van der Waals surface area contributed by atoms with E-state index in [9.17, 15) is 4.79 Å². The molecule has 3 aliphatic rings. The highest BCUT2D eigenvalue weighted by molar-refractivity contribution is 5.73. The van der Waals surface area contributed by atoms with Gasteiger partial charge < -0.3 is 5.32 Å². The molecule has 2 nitrogen and oxygen atoms in total. The summed E-state index contributed by atoms with van der Waals surface area (Å²) >= 11 is 0. The lowest BCUT2D eigenvalue weighted by Gasteiger charge is -2.60. The lowest BCUT2D eigenvalue weighted by molar-refractivity contribution is -0.128. The first kappa shape index (κ1) is 11.0. The molecule has 1 unspecified atom stereocenters. The second kappa shape index (κ2) is 3.23. The Kier molecular flexibility index (Phi) is 2.36. The third kappa shape index (κ3) is 1.58. The van der Waals surface area contributed by atoms with E-state index in [4.69, 9.17) is 0 Å². The molecule has 2 bridgehead atoms. The van der Waals surface area contributed by atoms with Crippen LogP contribution in [0, 0.1) is 16.7 Å². The van der Waals surface area contributed by atoms with Crippen molar-refractivity contribution in [2.24, 2.45) is 16.7 Å². The van der Waals surface area contributed by atoms with E-state index in [1.54, 1.807) is 6.92 Å². The van der Waals surface area contributed by atoms with E-state index < -0.39 is 0 Å². The molecule has 86 valence electrons. The van der Waals surface area contributed by atoms with Crippen LogP contribution in [-0.4, -0.2) is 11.9 Å². The highest BCUT2D eigenvalue weighted by atomic mass is 16.1. The van der Waals surface area contributed by atoms with Crippen LogP contribution in [-0.2, 0) is 4.79 Å². The van der Waals surface area contributed by atoms with Crippen LogP contribution in [0.1, 0.15) is 53.4 Å². The van der Waals surface area contributed by atoms with Crippen molar-refractivity contribution < 1.29 is 4.79 Å². The molecule has 1 amide bonds. The number of rotatable bonds is 1. The Morgan fingerprint density at radius 3 is 2.13 bits per heavy atom. The van der Waals surface area contributed by atoms with Gasteiger partial charge in [-0.15, -0.1) is 0 Å². The standard InChI is InChI=1S/C13H23NO/c1-9(15)14-11-12(2,3)10-5-7-13(11,4)8-6-10/h10-11H,5-8H2,1-4H3,(H,14,15). The van der Waals surface area contributed by atoms with Crippen molar-refractivity contribution in [3.8, 4) is 0 Å². The predicted molar refractivity (Wildman–Crippen MR) is 61.5 cm³/mol. The van der Waals surface area contributed by atoms with Gasteiger partial charge in [0.25, 0.3) is 0 Å². The summed E-state index contributed by atoms with van der Waals surface area (Å²) in [6, 6.07) is 0.370. The summed E-state index contributed by atoms with van der Waals surface area (Å²) in [7, 11) is 0. The molecule has 0 heterocycles. The van der Waals surface area contributed by atoms with E-state index in [-0.39, 0.29) is 11.3 Å². The molecule has 3 fully saturated rings. The number of hydrogen-bond acceptors (Lipinski definition) is 1. The van der Waals surface area contributed by atoms with Crippen LogP contribution in [0.2, 0.25) is 0 Å². The summed E-state index contributed by atoms with van der Waals surface area (Å²) in [5.74, 6) is 0.929. The molecular formula is C13H23NO. The molecule has 0 radical (unpaired) electrons. The molecule has 3 rings (SSSR count). The number of fused-ring (bicyclic) bond motifs is 3. The molecule has 0 aromatic carbocycles. The number of carbonyl (C=O) groups excluding carboxylic acids is 1. The third-order valence-corrected chi connectivity index (χ3v) is 4.97. The minimum Gasteiger partial charge on any atom is -0.353 e. The van der Waals surface area contributed by atoms with E-state index in [0.29, 0.717) is 11.5 Å². The summed E-state index contributed by atoms with van der Waals surface area (Å²) in [6.07, 6.45) is 5.26. The molecule has 0 saturated heterocycles. The summed E-state index contributed by atoms with van der Waals surface area (Å²) in [5, 5.41) is 3.20. The van der Waals surface area contributed by atoms with Gasteiger partial charge in [0.1, 0.15) is 0 Å². The molecule has 0 aromatic heterocycles. The zero-order valence-electron chi connectivity index (χ0n) is 10.4. The van der Waals surface area contributed by atoms with Crippen molar-refractivity contribution in [2.75, 3.05) is 0 Å². The average molecular weight is 209 g/mol. The quantitative estimate of drug-likeness (QED) is 0.707. The fourth-order valence-electron chi connectivity index (χ4n) is 4.01. The fraction of sp³-hybridized carbons (Fsp3) is 0.923.